The maximum atomic E-state index is 12.7. The molecule has 3 amide bonds. The molecule has 7 heteroatoms. The van der Waals surface area contributed by atoms with E-state index in [4.69, 9.17) is 4.74 Å². The van der Waals surface area contributed by atoms with E-state index in [1.807, 2.05) is 0 Å². The number of hydrogen-bond donors (Lipinski definition) is 1. The maximum Gasteiger partial charge on any atom is 0.252 e. The third-order valence-corrected chi connectivity index (χ3v) is 4.00. The van der Waals surface area contributed by atoms with Crippen molar-refractivity contribution < 1.29 is 19.1 Å². The lowest BCUT2D eigenvalue weighted by atomic mass is 9.79. The molecule has 0 bridgehead atoms. The fourth-order valence-corrected chi connectivity index (χ4v) is 2.46. The van der Waals surface area contributed by atoms with Gasteiger partial charge in [-0.2, -0.15) is 5.26 Å². The Hall–Kier alpha value is -1.94. The second kappa shape index (κ2) is 4.87. The normalized spacial score (nSPS) is 24.8. The topological polar surface area (TPSA) is 99.5 Å². The van der Waals surface area contributed by atoms with E-state index in [2.05, 4.69) is 11.4 Å². The first-order valence-corrected chi connectivity index (χ1v) is 6.49. The number of rotatable bonds is 1. The lowest BCUT2D eigenvalue weighted by Gasteiger charge is -2.44. The smallest absolute Gasteiger partial charge is 0.252 e. The van der Waals surface area contributed by atoms with Gasteiger partial charge >= 0.3 is 0 Å². The van der Waals surface area contributed by atoms with Gasteiger partial charge in [-0.25, -0.2) is 0 Å². The van der Waals surface area contributed by atoms with Gasteiger partial charge in [-0.05, 0) is 26.7 Å². The Kier molecular flexibility index (Phi) is 3.52. The Morgan fingerprint density at radius 3 is 2.50 bits per heavy atom. The van der Waals surface area contributed by atoms with E-state index in [-0.39, 0.29) is 19.4 Å². The van der Waals surface area contributed by atoms with Gasteiger partial charge in [0.1, 0.15) is 17.5 Å². The summed E-state index contributed by atoms with van der Waals surface area (Å²) >= 11 is 0. The van der Waals surface area contributed by atoms with Crippen LogP contribution in [0.5, 0.6) is 0 Å². The molecule has 0 aromatic heterocycles. The lowest BCUT2D eigenvalue weighted by molar-refractivity contribution is -0.162. The van der Waals surface area contributed by atoms with Crippen LogP contribution in [0.4, 0.5) is 0 Å². The number of hydrogen-bond acceptors (Lipinski definition) is 5. The number of nitrogens with zero attached hydrogens (tertiary/aromatic N) is 2. The zero-order valence-electron chi connectivity index (χ0n) is 11.6. The van der Waals surface area contributed by atoms with Crippen molar-refractivity contribution in [2.24, 2.45) is 5.41 Å². The van der Waals surface area contributed by atoms with Gasteiger partial charge in [-0.3, -0.25) is 19.7 Å². The van der Waals surface area contributed by atoms with E-state index < -0.39 is 28.7 Å². The highest BCUT2D eigenvalue weighted by atomic mass is 16.5. The Morgan fingerprint density at radius 2 is 1.95 bits per heavy atom. The summed E-state index contributed by atoms with van der Waals surface area (Å²) in [5, 5.41) is 11.6. The molecule has 0 spiro atoms. The molecule has 20 heavy (non-hydrogen) atoms. The highest BCUT2D eigenvalue weighted by Gasteiger charge is 2.51. The molecule has 1 N–H and O–H groups in total. The van der Waals surface area contributed by atoms with Crippen LogP contribution < -0.4 is 5.32 Å². The molecule has 2 fully saturated rings. The van der Waals surface area contributed by atoms with Crippen molar-refractivity contribution in [1.82, 2.24) is 10.2 Å². The molecule has 0 unspecified atom stereocenters. The van der Waals surface area contributed by atoms with E-state index in [0.717, 1.165) is 0 Å². The second-order valence-electron chi connectivity index (χ2n) is 5.63. The SMILES string of the molecule is CC1(C)C(=O)NC(=O)CN1C(=O)C1(C#N)CCOCC1. The van der Waals surface area contributed by atoms with Crippen molar-refractivity contribution in [2.45, 2.75) is 32.2 Å². The second-order valence-corrected chi connectivity index (χ2v) is 5.63. The van der Waals surface area contributed by atoms with Gasteiger partial charge in [0.15, 0.2) is 0 Å². The van der Waals surface area contributed by atoms with Crippen molar-refractivity contribution in [3.8, 4) is 6.07 Å². The van der Waals surface area contributed by atoms with Crippen LogP contribution in [-0.2, 0) is 19.1 Å². The zero-order chi connectivity index (χ0) is 15.0. The molecule has 7 nitrogen and oxygen atoms in total. The fourth-order valence-electron chi connectivity index (χ4n) is 2.46. The molecule has 2 rings (SSSR count). The third kappa shape index (κ3) is 2.16. The molecule has 0 saturated carbocycles. The molecule has 0 aliphatic carbocycles. The van der Waals surface area contributed by atoms with E-state index in [0.29, 0.717) is 13.2 Å². The van der Waals surface area contributed by atoms with Gasteiger partial charge in [0.2, 0.25) is 11.8 Å². The summed E-state index contributed by atoms with van der Waals surface area (Å²) in [7, 11) is 0. The van der Waals surface area contributed by atoms with Crippen LogP contribution in [0.25, 0.3) is 0 Å². The molecule has 2 saturated heterocycles. The predicted octanol–water partition coefficient (Wildman–Crippen LogP) is -0.430. The zero-order valence-corrected chi connectivity index (χ0v) is 11.6. The molecule has 108 valence electrons. The lowest BCUT2D eigenvalue weighted by Crippen LogP contribution is -2.67. The van der Waals surface area contributed by atoms with Gasteiger partial charge in [0.05, 0.1) is 6.07 Å². The summed E-state index contributed by atoms with van der Waals surface area (Å²) in [6, 6.07) is 2.07. The maximum absolute atomic E-state index is 12.7. The first kappa shape index (κ1) is 14.5. The summed E-state index contributed by atoms with van der Waals surface area (Å²) in [5.74, 6) is -1.51. The quantitative estimate of drug-likeness (QED) is 0.657. The molecular weight excluding hydrogens is 262 g/mol. The monoisotopic (exact) mass is 279 g/mol. The number of nitrogens with one attached hydrogen (secondary N) is 1. The third-order valence-electron chi connectivity index (χ3n) is 4.00. The van der Waals surface area contributed by atoms with Gasteiger partial charge in [0.25, 0.3) is 5.91 Å². The summed E-state index contributed by atoms with van der Waals surface area (Å²) in [5.41, 5.74) is -2.35. The highest BCUT2D eigenvalue weighted by Crippen LogP contribution is 2.34. The first-order chi connectivity index (χ1) is 9.33. The molecule has 0 aromatic rings. The number of piperazine rings is 1. The molecule has 2 aliphatic rings. The van der Waals surface area contributed by atoms with Gasteiger partial charge in [0, 0.05) is 13.2 Å². The van der Waals surface area contributed by atoms with Gasteiger partial charge < -0.3 is 9.64 Å². The summed E-state index contributed by atoms with van der Waals surface area (Å²) in [6.07, 6.45) is 0.565. The Bertz CT molecular complexity index is 500. The molecule has 0 radical (unpaired) electrons. The minimum Gasteiger partial charge on any atom is -0.381 e. The van der Waals surface area contributed by atoms with Crippen molar-refractivity contribution in [2.75, 3.05) is 19.8 Å². The van der Waals surface area contributed by atoms with Crippen molar-refractivity contribution >= 4 is 17.7 Å². The average molecular weight is 279 g/mol. The molecule has 0 aromatic carbocycles. The number of ether oxygens (including phenoxy) is 1. The Balaban J connectivity index is 2.33. The minimum atomic E-state index is -1.20. The molecule has 0 atom stereocenters. The Labute approximate surface area is 116 Å². The van der Waals surface area contributed by atoms with Crippen LogP contribution >= 0.6 is 0 Å². The average Bonchev–Trinajstić information content (AvgIpc) is 2.43. The van der Waals surface area contributed by atoms with Crippen molar-refractivity contribution in [1.29, 1.82) is 5.26 Å². The standard InChI is InChI=1S/C13H17N3O4/c1-12(2)10(18)15-9(17)7-16(12)11(19)13(8-14)3-5-20-6-4-13/h3-7H2,1-2H3,(H,15,17,18). The molecule has 2 heterocycles. The van der Waals surface area contributed by atoms with E-state index in [1.54, 1.807) is 13.8 Å². The van der Waals surface area contributed by atoms with Crippen LogP contribution in [0.2, 0.25) is 0 Å². The molecule has 2 aliphatic heterocycles. The summed E-state index contributed by atoms with van der Waals surface area (Å²) in [4.78, 5) is 37.3. The fraction of sp³-hybridized carbons (Fsp3) is 0.692. The van der Waals surface area contributed by atoms with Crippen LogP contribution in [0.15, 0.2) is 0 Å². The van der Waals surface area contributed by atoms with Crippen molar-refractivity contribution in [3.05, 3.63) is 0 Å². The van der Waals surface area contributed by atoms with E-state index in [1.165, 1.54) is 4.90 Å². The Morgan fingerprint density at radius 1 is 1.35 bits per heavy atom. The number of nitriles is 1. The van der Waals surface area contributed by atoms with Gasteiger partial charge in [-0.15, -0.1) is 0 Å². The van der Waals surface area contributed by atoms with Crippen molar-refractivity contribution in [3.63, 3.8) is 0 Å². The largest absolute Gasteiger partial charge is 0.381 e. The summed E-state index contributed by atoms with van der Waals surface area (Å²) in [6.45, 7) is 3.58. The van der Waals surface area contributed by atoms with Gasteiger partial charge in [-0.1, -0.05) is 0 Å². The van der Waals surface area contributed by atoms with Crippen LogP contribution in [0.3, 0.4) is 0 Å². The highest BCUT2D eigenvalue weighted by molar-refractivity contribution is 6.07. The predicted molar refractivity (Wildman–Crippen MR) is 67.0 cm³/mol. The molecular formula is C13H17N3O4. The van der Waals surface area contributed by atoms with E-state index in [9.17, 15) is 19.6 Å². The first-order valence-electron chi connectivity index (χ1n) is 6.49. The van der Waals surface area contributed by atoms with Crippen LogP contribution in [0, 0.1) is 16.7 Å². The van der Waals surface area contributed by atoms with Crippen LogP contribution in [0.1, 0.15) is 26.7 Å². The number of carbonyl (C=O) groups is 3. The summed E-state index contributed by atoms with van der Waals surface area (Å²) < 4.78 is 5.19. The number of imide groups is 1. The van der Waals surface area contributed by atoms with Crippen LogP contribution in [-0.4, -0.2) is 47.9 Å². The van der Waals surface area contributed by atoms with E-state index >= 15 is 0 Å². The minimum absolute atomic E-state index is 0.206. The number of carbonyl (C=O) groups excluding carboxylic acids is 3. The number of amides is 3.